The zero-order chi connectivity index (χ0) is 29.1. The molecule has 1 aliphatic rings. The second-order valence-electron chi connectivity index (χ2n) is 10.8. The molecule has 1 aliphatic heterocycles. The Morgan fingerprint density at radius 2 is 1.98 bits per heavy atom. The van der Waals surface area contributed by atoms with E-state index >= 15 is 0 Å². The highest BCUT2D eigenvalue weighted by Crippen LogP contribution is 2.28. The van der Waals surface area contributed by atoms with Crippen LogP contribution >= 0.6 is 11.3 Å². The molecule has 0 spiro atoms. The summed E-state index contributed by atoms with van der Waals surface area (Å²) in [6.45, 7) is 8.71. The van der Waals surface area contributed by atoms with Gasteiger partial charge in [-0.3, -0.25) is 0 Å². The molecule has 1 atom stereocenters. The second kappa shape index (κ2) is 11.9. The van der Waals surface area contributed by atoms with E-state index in [1.165, 1.54) is 15.6 Å². The smallest absolute Gasteiger partial charge is 0.410 e. The summed E-state index contributed by atoms with van der Waals surface area (Å²) in [4.78, 5) is 22.8. The lowest BCUT2D eigenvalue weighted by Gasteiger charge is -2.24. The van der Waals surface area contributed by atoms with E-state index < -0.39 is 15.6 Å². The summed E-state index contributed by atoms with van der Waals surface area (Å²) in [6, 6.07) is 8.83. The zero-order valence-corrected chi connectivity index (χ0v) is 25.3. The van der Waals surface area contributed by atoms with E-state index in [4.69, 9.17) is 9.47 Å². The summed E-state index contributed by atoms with van der Waals surface area (Å²) in [7, 11) is -0.523. The van der Waals surface area contributed by atoms with Crippen LogP contribution in [0.25, 0.3) is 0 Å². The van der Waals surface area contributed by atoms with Crippen LogP contribution in [-0.4, -0.2) is 73.0 Å². The lowest BCUT2D eigenvalue weighted by molar-refractivity contribution is -0.403. The minimum Gasteiger partial charge on any atom is -0.497 e. The third-order valence-corrected chi connectivity index (χ3v) is 8.69. The molecule has 40 heavy (non-hydrogen) atoms. The molecule has 1 fully saturated rings. The predicted octanol–water partition coefficient (Wildman–Crippen LogP) is 4.85. The number of ether oxygens (including phenoxy) is 2. The van der Waals surface area contributed by atoms with Crippen LogP contribution in [0.15, 0.2) is 52.4 Å². The van der Waals surface area contributed by atoms with Crippen molar-refractivity contribution in [2.45, 2.75) is 51.3 Å². The van der Waals surface area contributed by atoms with E-state index in [1.54, 1.807) is 47.3 Å². The molecule has 1 amide bonds. The van der Waals surface area contributed by atoms with Gasteiger partial charge in [0, 0.05) is 24.0 Å². The van der Waals surface area contributed by atoms with Crippen molar-refractivity contribution in [2.75, 3.05) is 31.6 Å². The van der Waals surface area contributed by atoms with Gasteiger partial charge in [-0.1, -0.05) is 12.1 Å². The quantitative estimate of drug-likeness (QED) is 0.274. The molecule has 3 heterocycles. The largest absolute Gasteiger partial charge is 0.497 e. The van der Waals surface area contributed by atoms with Crippen molar-refractivity contribution < 1.29 is 27.3 Å². The van der Waals surface area contributed by atoms with E-state index in [2.05, 4.69) is 9.97 Å². The average molecular weight is 587 g/mol. The zero-order valence-electron chi connectivity index (χ0n) is 23.7. The van der Waals surface area contributed by atoms with Gasteiger partial charge in [-0.2, -0.15) is 8.42 Å². The summed E-state index contributed by atoms with van der Waals surface area (Å²) in [6.07, 6.45) is 4.13. The van der Waals surface area contributed by atoms with Crippen LogP contribution in [0.4, 0.5) is 16.3 Å². The molecule has 2 aromatic heterocycles. The number of carbonyl (C=O) groups excluding carboxylic acids is 1. The molecule has 1 unspecified atom stereocenters. The fourth-order valence-electron chi connectivity index (χ4n) is 4.46. The van der Waals surface area contributed by atoms with Crippen molar-refractivity contribution in [2.24, 2.45) is 5.92 Å². The number of hydrogen-bond acceptors (Lipinski definition) is 8. The average Bonchev–Trinajstić information content (AvgIpc) is 3.59. The lowest BCUT2D eigenvalue weighted by atomic mass is 10.1. The van der Waals surface area contributed by atoms with E-state index in [0.717, 1.165) is 23.2 Å². The number of benzene rings is 1. The summed E-state index contributed by atoms with van der Waals surface area (Å²) < 4.78 is 41.5. The highest BCUT2D eigenvalue weighted by Gasteiger charge is 2.32. The van der Waals surface area contributed by atoms with Crippen LogP contribution in [0, 0.1) is 12.8 Å². The first kappa shape index (κ1) is 29.5. The van der Waals surface area contributed by atoms with Crippen LogP contribution < -0.4 is 9.04 Å². The number of aryl methyl sites for hydroxylation is 1. The summed E-state index contributed by atoms with van der Waals surface area (Å²) in [5.74, 6) is 1.17. The number of thiazole rings is 1. The fraction of sp³-hybridized carbons (Fsp3) is 0.429. The first-order chi connectivity index (χ1) is 18.9. The van der Waals surface area contributed by atoms with Gasteiger partial charge < -0.3 is 14.4 Å². The molecule has 0 bridgehead atoms. The molecule has 1 saturated heterocycles. The van der Waals surface area contributed by atoms with Gasteiger partial charge in [0.2, 0.25) is 5.69 Å². The number of methoxy groups -OCH3 is 1. The summed E-state index contributed by atoms with van der Waals surface area (Å²) in [5.41, 5.74) is 3.40. The van der Waals surface area contributed by atoms with Gasteiger partial charge >= 0.3 is 6.09 Å². The van der Waals surface area contributed by atoms with Gasteiger partial charge in [0.1, 0.15) is 24.6 Å². The van der Waals surface area contributed by atoms with Crippen LogP contribution in [0.2, 0.25) is 0 Å². The molecule has 0 radical (unpaired) electrons. The number of hydrogen-bond donors (Lipinski definition) is 0. The van der Waals surface area contributed by atoms with Gasteiger partial charge in [-0.05, 0) is 57.9 Å². The van der Waals surface area contributed by atoms with E-state index in [0.29, 0.717) is 24.7 Å². The standard InChI is InChI=1S/C28H36N5O5S2/c1-20-13-26(29-14-24(20)31(5)15-22-11-12-32(16-22)27(34)38-28(2,3)4)40(35,36)33(25-18-39-19-30-25)17-21-7-9-23(37-6)10-8-21/h7-10,13-15,18-19,22H,11-12,16-17H2,1-6H3/q+1. The molecule has 0 N–H and O–H groups in total. The monoisotopic (exact) mass is 586 g/mol. The number of rotatable bonds is 8. The van der Waals surface area contributed by atoms with Crippen LogP contribution in [-0.2, 0) is 21.3 Å². The highest BCUT2D eigenvalue weighted by atomic mass is 32.2. The van der Waals surface area contributed by atoms with Crippen LogP contribution in [0.5, 0.6) is 5.75 Å². The van der Waals surface area contributed by atoms with Crippen molar-refractivity contribution in [1.82, 2.24) is 14.9 Å². The van der Waals surface area contributed by atoms with E-state index in [1.807, 2.05) is 57.7 Å². The van der Waals surface area contributed by atoms with Crippen molar-refractivity contribution in [3.05, 3.63) is 58.5 Å². The molecule has 1 aromatic carbocycles. The van der Waals surface area contributed by atoms with Crippen LogP contribution in [0.3, 0.4) is 0 Å². The number of pyridine rings is 1. The van der Waals surface area contributed by atoms with Crippen molar-refractivity contribution in [3.63, 3.8) is 0 Å². The maximum atomic E-state index is 13.8. The molecule has 10 nitrogen and oxygen atoms in total. The minimum atomic E-state index is -4.01. The second-order valence-corrected chi connectivity index (χ2v) is 13.3. The predicted molar refractivity (Wildman–Crippen MR) is 155 cm³/mol. The maximum absolute atomic E-state index is 13.8. The Bertz CT molecular complexity index is 1470. The number of sulfonamides is 1. The molecular formula is C28H36N5O5S2+. The Morgan fingerprint density at radius 3 is 2.58 bits per heavy atom. The molecule has 3 aromatic rings. The maximum Gasteiger partial charge on any atom is 0.410 e. The molecule has 0 saturated carbocycles. The third kappa shape index (κ3) is 6.97. The van der Waals surface area contributed by atoms with E-state index in [9.17, 15) is 13.2 Å². The molecule has 12 heteroatoms. The number of amides is 1. The molecule has 0 aliphatic carbocycles. The van der Waals surface area contributed by atoms with Crippen molar-refractivity contribution in [1.29, 1.82) is 0 Å². The van der Waals surface area contributed by atoms with Crippen LogP contribution in [0.1, 0.15) is 38.3 Å². The SMILES string of the molecule is COc1ccc(CN(c2cscn2)S(=O)(=O)c2cc(C)c([N+](C)=CC3CCN(C(=O)OC(C)(C)C)C3)cn2)cc1. The van der Waals surface area contributed by atoms with Gasteiger partial charge in [-0.15, -0.1) is 11.3 Å². The first-order valence-electron chi connectivity index (χ1n) is 12.9. The number of anilines is 1. The first-order valence-corrected chi connectivity index (χ1v) is 15.3. The lowest BCUT2D eigenvalue weighted by Crippen LogP contribution is -2.35. The third-order valence-electron chi connectivity index (χ3n) is 6.46. The molecule has 4 rings (SSSR count). The fourth-order valence-corrected chi connectivity index (χ4v) is 6.47. The Kier molecular flexibility index (Phi) is 8.79. The van der Waals surface area contributed by atoms with Gasteiger partial charge in [-0.25, -0.2) is 23.6 Å². The number of likely N-dealkylation sites (tertiary alicyclic amines) is 1. The topological polar surface area (TPSA) is 105 Å². The summed E-state index contributed by atoms with van der Waals surface area (Å²) >= 11 is 1.32. The molecular weight excluding hydrogens is 550 g/mol. The minimum absolute atomic E-state index is 0.0550. The number of nitrogens with zero attached hydrogens (tertiary/aromatic N) is 5. The Balaban J connectivity index is 1.54. The Hall–Kier alpha value is -3.51. The summed E-state index contributed by atoms with van der Waals surface area (Å²) in [5, 5.41) is 1.65. The number of aromatic nitrogens is 2. The Labute approximate surface area is 240 Å². The molecule has 214 valence electrons. The normalized spacial score (nSPS) is 16.2. The van der Waals surface area contributed by atoms with Gasteiger partial charge in [0.05, 0.1) is 25.1 Å². The van der Waals surface area contributed by atoms with Crippen molar-refractivity contribution >= 4 is 45.2 Å². The van der Waals surface area contributed by atoms with Gasteiger partial charge in [0.25, 0.3) is 10.0 Å². The Morgan fingerprint density at radius 1 is 1.25 bits per heavy atom. The van der Waals surface area contributed by atoms with Crippen molar-refractivity contribution in [3.8, 4) is 5.75 Å². The van der Waals surface area contributed by atoms with Gasteiger partial charge in [0.15, 0.2) is 17.1 Å². The highest BCUT2D eigenvalue weighted by molar-refractivity contribution is 7.92. The number of carbonyl (C=O) groups is 1. The van der Waals surface area contributed by atoms with E-state index in [-0.39, 0.29) is 23.6 Å².